The van der Waals surface area contributed by atoms with Crippen LogP contribution in [0.25, 0.3) is 5.57 Å². The van der Waals surface area contributed by atoms with E-state index in [1.807, 2.05) is 6.92 Å². The van der Waals surface area contributed by atoms with E-state index in [1.54, 1.807) is 27.7 Å². The molecule has 6 nitrogen and oxygen atoms in total. The standard InChI is InChI=1S/C22H28F2N5OP/c1-3-4-16-9-17(15(2)26-10-16)14-29-21(30)6-5-20(28-29)18-11-25-13-19(27-12-18)7-8-22(23,24)31/h5-6,9,11-12,16H,3-4,7-8,10,13-14,31H2,1-2H3. The van der Waals surface area contributed by atoms with Crippen molar-refractivity contribution in [2.75, 3.05) is 13.1 Å². The minimum absolute atomic E-state index is 0.163. The molecule has 0 N–H and O–H groups in total. The molecule has 31 heavy (non-hydrogen) atoms. The quantitative estimate of drug-likeness (QED) is 0.561. The van der Waals surface area contributed by atoms with E-state index in [1.165, 1.54) is 10.7 Å². The third-order valence-electron chi connectivity index (χ3n) is 5.24. The molecule has 1 aromatic rings. The van der Waals surface area contributed by atoms with Gasteiger partial charge in [-0.15, -0.1) is 0 Å². The predicted molar refractivity (Wildman–Crippen MR) is 126 cm³/mol. The maximum Gasteiger partial charge on any atom is 0.267 e. The van der Waals surface area contributed by atoms with Crippen molar-refractivity contribution in [1.29, 1.82) is 0 Å². The van der Waals surface area contributed by atoms with Crippen LogP contribution in [0.2, 0.25) is 0 Å². The summed E-state index contributed by atoms with van der Waals surface area (Å²) in [6, 6.07) is 3.10. The molecule has 0 saturated heterocycles. The summed E-state index contributed by atoms with van der Waals surface area (Å²) in [4.78, 5) is 25.6. The summed E-state index contributed by atoms with van der Waals surface area (Å²) >= 11 is 0. The molecular weight excluding hydrogens is 419 g/mol. The first-order valence-electron chi connectivity index (χ1n) is 10.5. The number of allylic oxidation sites excluding steroid dienone is 2. The van der Waals surface area contributed by atoms with Crippen LogP contribution < -0.4 is 5.56 Å². The Morgan fingerprint density at radius 3 is 2.87 bits per heavy atom. The highest BCUT2D eigenvalue weighted by Gasteiger charge is 2.22. The number of dihydropyridines is 1. The van der Waals surface area contributed by atoms with E-state index < -0.39 is 5.66 Å². The molecule has 2 atom stereocenters. The second kappa shape index (κ2) is 10.3. The molecule has 0 aromatic carbocycles. The predicted octanol–water partition coefficient (Wildman–Crippen LogP) is 4.17. The van der Waals surface area contributed by atoms with Crippen LogP contribution in [-0.2, 0) is 6.54 Å². The van der Waals surface area contributed by atoms with E-state index in [2.05, 4.69) is 33.1 Å². The molecule has 0 aliphatic carbocycles. The summed E-state index contributed by atoms with van der Waals surface area (Å²) < 4.78 is 27.6. The number of nitrogens with zero attached hydrogens (tertiary/aromatic N) is 5. The van der Waals surface area contributed by atoms with Crippen molar-refractivity contribution in [3.8, 4) is 0 Å². The topological polar surface area (TPSA) is 72.0 Å². The van der Waals surface area contributed by atoms with Crippen LogP contribution >= 0.6 is 9.24 Å². The van der Waals surface area contributed by atoms with Crippen LogP contribution in [0.3, 0.4) is 0 Å². The van der Waals surface area contributed by atoms with E-state index in [0.717, 1.165) is 30.7 Å². The Morgan fingerprint density at radius 1 is 1.32 bits per heavy atom. The van der Waals surface area contributed by atoms with Crippen molar-refractivity contribution < 1.29 is 8.78 Å². The van der Waals surface area contributed by atoms with Gasteiger partial charge in [-0.3, -0.25) is 19.8 Å². The van der Waals surface area contributed by atoms with Gasteiger partial charge >= 0.3 is 0 Å². The van der Waals surface area contributed by atoms with Crippen molar-refractivity contribution in [1.82, 2.24) is 9.78 Å². The lowest BCUT2D eigenvalue weighted by Gasteiger charge is -2.19. The Labute approximate surface area is 183 Å². The molecule has 0 radical (unpaired) electrons. The highest BCUT2D eigenvalue weighted by molar-refractivity contribution is 7.18. The van der Waals surface area contributed by atoms with Gasteiger partial charge in [0.25, 0.3) is 11.2 Å². The number of aromatic nitrogens is 2. The van der Waals surface area contributed by atoms with Crippen molar-refractivity contribution in [2.45, 2.75) is 51.7 Å². The molecule has 166 valence electrons. The first kappa shape index (κ1) is 23.3. The lowest BCUT2D eigenvalue weighted by molar-refractivity contribution is 0.0968. The van der Waals surface area contributed by atoms with E-state index in [9.17, 15) is 13.6 Å². The Hall–Kier alpha value is -2.34. The Morgan fingerprint density at radius 2 is 2.13 bits per heavy atom. The van der Waals surface area contributed by atoms with Gasteiger partial charge in [0.05, 0.1) is 18.8 Å². The second-order valence-corrected chi connectivity index (χ2v) is 8.74. The molecule has 3 rings (SSSR count). The highest BCUT2D eigenvalue weighted by Crippen LogP contribution is 2.28. The van der Waals surface area contributed by atoms with Crippen molar-refractivity contribution in [3.63, 3.8) is 0 Å². The summed E-state index contributed by atoms with van der Waals surface area (Å²) in [5.41, 5.74) is 0.707. The zero-order valence-electron chi connectivity index (χ0n) is 17.9. The van der Waals surface area contributed by atoms with Gasteiger partial charge in [-0.1, -0.05) is 28.7 Å². The first-order chi connectivity index (χ1) is 14.7. The molecule has 9 heteroatoms. The number of rotatable bonds is 8. The lowest BCUT2D eigenvalue weighted by atomic mass is 9.96. The zero-order chi connectivity index (χ0) is 22.4. The van der Waals surface area contributed by atoms with Crippen molar-refractivity contribution in [3.05, 3.63) is 46.0 Å². The summed E-state index contributed by atoms with van der Waals surface area (Å²) in [5.74, 6) is 0.390. The third-order valence-corrected chi connectivity index (χ3v) is 5.53. The number of hydrogen-bond acceptors (Lipinski definition) is 5. The maximum atomic E-state index is 13.1. The third kappa shape index (κ3) is 6.82. The van der Waals surface area contributed by atoms with E-state index in [4.69, 9.17) is 0 Å². The fraction of sp³-hybridized carbons (Fsp3) is 0.500. The minimum atomic E-state index is -2.81. The number of aliphatic imine (C=N–C) groups is 3. The van der Waals surface area contributed by atoms with E-state index in [0.29, 0.717) is 29.4 Å². The molecule has 2 unspecified atom stereocenters. The van der Waals surface area contributed by atoms with Gasteiger partial charge in [0.1, 0.15) is 0 Å². The summed E-state index contributed by atoms with van der Waals surface area (Å²) in [7, 11) is 1.55. The Kier molecular flexibility index (Phi) is 7.76. The molecule has 2 aliphatic rings. The fourth-order valence-corrected chi connectivity index (χ4v) is 3.62. The van der Waals surface area contributed by atoms with Gasteiger partial charge in [0.15, 0.2) is 0 Å². The molecule has 1 aromatic heterocycles. The van der Waals surface area contributed by atoms with Gasteiger partial charge < -0.3 is 0 Å². The molecule has 3 heterocycles. The molecule has 0 amide bonds. The molecule has 0 fully saturated rings. The normalized spacial score (nSPS) is 19.3. The van der Waals surface area contributed by atoms with Gasteiger partial charge in [-0.2, -0.15) is 5.10 Å². The maximum absolute atomic E-state index is 13.1. The fourth-order valence-electron chi connectivity index (χ4n) is 3.47. The molecular formula is C22H28F2N5OP. The number of alkyl halides is 2. The monoisotopic (exact) mass is 447 g/mol. The molecule has 0 saturated carbocycles. The minimum Gasteiger partial charge on any atom is -0.289 e. The van der Waals surface area contributed by atoms with Crippen LogP contribution in [0.5, 0.6) is 0 Å². The largest absolute Gasteiger partial charge is 0.289 e. The molecule has 2 aliphatic heterocycles. The molecule has 0 spiro atoms. The smallest absolute Gasteiger partial charge is 0.267 e. The van der Waals surface area contributed by atoms with Crippen LogP contribution in [0, 0.1) is 5.92 Å². The summed E-state index contributed by atoms with van der Waals surface area (Å²) in [5, 5.41) is 4.50. The summed E-state index contributed by atoms with van der Waals surface area (Å²) in [6.45, 7) is 5.51. The summed E-state index contributed by atoms with van der Waals surface area (Å²) in [6.07, 6.45) is 7.42. The highest BCUT2D eigenvalue weighted by atomic mass is 31.0. The van der Waals surface area contributed by atoms with Crippen molar-refractivity contribution in [2.24, 2.45) is 20.9 Å². The van der Waals surface area contributed by atoms with Gasteiger partial charge in [-0.05, 0) is 37.3 Å². The van der Waals surface area contributed by atoms with Crippen molar-refractivity contribution >= 4 is 32.5 Å². The number of hydrogen-bond donors (Lipinski definition) is 0. The van der Waals surface area contributed by atoms with E-state index in [-0.39, 0.29) is 24.9 Å². The average molecular weight is 447 g/mol. The van der Waals surface area contributed by atoms with Crippen LogP contribution in [-0.4, -0.2) is 46.2 Å². The van der Waals surface area contributed by atoms with Crippen LogP contribution in [0.4, 0.5) is 8.78 Å². The van der Waals surface area contributed by atoms with Crippen LogP contribution in [0.1, 0.15) is 45.2 Å². The van der Waals surface area contributed by atoms with E-state index >= 15 is 0 Å². The second-order valence-electron chi connectivity index (χ2n) is 7.89. The molecule has 0 bridgehead atoms. The lowest BCUT2D eigenvalue weighted by Crippen LogP contribution is -2.27. The Balaban J connectivity index is 1.81. The average Bonchev–Trinajstić information content (AvgIpc) is 2.96. The van der Waals surface area contributed by atoms with Gasteiger partial charge in [0.2, 0.25) is 0 Å². The first-order valence-corrected chi connectivity index (χ1v) is 11.1. The zero-order valence-corrected chi connectivity index (χ0v) is 19.0. The number of halogens is 2. The van der Waals surface area contributed by atoms with Crippen LogP contribution in [0.15, 0.2) is 49.8 Å². The van der Waals surface area contributed by atoms with Gasteiger partial charge in [0, 0.05) is 48.4 Å². The van der Waals surface area contributed by atoms with Gasteiger partial charge in [-0.25, -0.2) is 13.5 Å². The Bertz CT molecular complexity index is 1020. The SMILES string of the molecule is CCCC1C=C(Cn2nc(C3=CN=C(CCC(F)(F)P)CN=C3)ccc2=O)C(C)=NC1.